The summed E-state index contributed by atoms with van der Waals surface area (Å²) in [6.45, 7) is 10.1. The molecule has 1 aliphatic rings. The molecule has 1 N–H and O–H groups in total. The fourth-order valence-corrected chi connectivity index (χ4v) is 3.31. The molecule has 4 heteroatoms. The maximum Gasteiger partial charge on any atom is 0.249 e. The predicted octanol–water partition coefficient (Wildman–Crippen LogP) is 4.53. The van der Waals surface area contributed by atoms with E-state index in [2.05, 4.69) is 60.8 Å². The van der Waals surface area contributed by atoms with E-state index in [1.54, 1.807) is 0 Å². The summed E-state index contributed by atoms with van der Waals surface area (Å²) >= 11 is 0. The molecule has 1 aliphatic heterocycles. The summed E-state index contributed by atoms with van der Waals surface area (Å²) in [7, 11) is 0. The van der Waals surface area contributed by atoms with Crippen LogP contribution in [0.25, 0.3) is 0 Å². The average molecular weight is 382 g/mol. The Kier molecular flexibility index (Phi) is 6.87. The highest BCUT2D eigenvalue weighted by Gasteiger charge is 2.25. The number of hydrogen-bond acceptors (Lipinski definition) is 3. The van der Waals surface area contributed by atoms with Crippen molar-refractivity contribution in [1.29, 1.82) is 0 Å². The van der Waals surface area contributed by atoms with Gasteiger partial charge in [0.1, 0.15) is 6.10 Å². The third kappa shape index (κ3) is 5.21. The number of carbonyl (C=O) groups excluding carboxylic acids is 1. The van der Waals surface area contributed by atoms with Crippen molar-refractivity contribution in [3.05, 3.63) is 70.8 Å². The van der Waals surface area contributed by atoms with Gasteiger partial charge in [-0.1, -0.05) is 67.9 Å². The molecule has 0 spiro atoms. The van der Waals surface area contributed by atoms with Gasteiger partial charge in [-0.3, -0.25) is 4.79 Å². The highest BCUT2D eigenvalue weighted by Crippen LogP contribution is 2.24. The van der Waals surface area contributed by atoms with E-state index in [1.165, 1.54) is 11.1 Å². The zero-order valence-corrected chi connectivity index (χ0v) is 17.3. The first-order chi connectivity index (χ1) is 13.4. The number of hydrogen-bond donors (Lipinski definition) is 1. The van der Waals surface area contributed by atoms with Crippen LogP contribution in [0.15, 0.2) is 48.5 Å². The smallest absolute Gasteiger partial charge is 0.249 e. The molecule has 2 aromatic rings. The monoisotopic (exact) mass is 381 g/mol. The Morgan fingerprint density at radius 3 is 2.25 bits per heavy atom. The number of benzene rings is 2. The maximum atomic E-state index is 12.8. The summed E-state index contributed by atoms with van der Waals surface area (Å²) in [6.07, 6.45) is -0.479. The molecule has 1 amide bonds. The van der Waals surface area contributed by atoms with Gasteiger partial charge in [-0.05, 0) is 36.5 Å². The molecule has 28 heavy (non-hydrogen) atoms. The molecule has 0 aliphatic carbocycles. The van der Waals surface area contributed by atoms with Gasteiger partial charge in [0.15, 0.2) is 0 Å². The number of aryl methyl sites for hydroxylation is 1. The molecule has 0 bridgehead atoms. The standard InChI is InChI=1S/C24H31NO3/c1-16(2)23(24(26)25-18(4)20-9-5-17(3)6-10-20)28-13-19-7-11-21(12-8-19)22-14-27-15-22/h5-12,16,18,22-23H,13-15H2,1-4H3,(H,25,26). The van der Waals surface area contributed by atoms with Gasteiger partial charge >= 0.3 is 0 Å². The molecule has 0 aromatic heterocycles. The minimum absolute atomic E-state index is 0.0538. The molecule has 2 aromatic carbocycles. The van der Waals surface area contributed by atoms with Gasteiger partial charge in [-0.25, -0.2) is 0 Å². The van der Waals surface area contributed by atoms with Crippen molar-refractivity contribution in [1.82, 2.24) is 5.32 Å². The van der Waals surface area contributed by atoms with Crippen LogP contribution in [-0.2, 0) is 20.9 Å². The number of ether oxygens (including phenoxy) is 2. The van der Waals surface area contributed by atoms with Gasteiger partial charge in [-0.15, -0.1) is 0 Å². The summed E-state index contributed by atoms with van der Waals surface area (Å²) in [5.74, 6) is 0.551. The second kappa shape index (κ2) is 9.35. The first-order valence-corrected chi connectivity index (χ1v) is 10.1. The Bertz CT molecular complexity index is 763. The van der Waals surface area contributed by atoms with E-state index in [-0.39, 0.29) is 17.9 Å². The first kappa shape index (κ1) is 20.6. The lowest BCUT2D eigenvalue weighted by atomic mass is 9.97. The number of amides is 1. The molecule has 4 nitrogen and oxygen atoms in total. The van der Waals surface area contributed by atoms with Crippen molar-refractivity contribution in [2.24, 2.45) is 5.92 Å². The molecule has 3 rings (SSSR count). The van der Waals surface area contributed by atoms with Gasteiger partial charge in [0.2, 0.25) is 5.91 Å². The number of rotatable bonds is 8. The lowest BCUT2D eigenvalue weighted by molar-refractivity contribution is -0.137. The zero-order chi connectivity index (χ0) is 20.1. The van der Waals surface area contributed by atoms with E-state index < -0.39 is 6.10 Å². The maximum absolute atomic E-state index is 12.8. The molecule has 1 fully saturated rings. The van der Waals surface area contributed by atoms with E-state index in [1.807, 2.05) is 20.8 Å². The minimum atomic E-state index is -0.479. The van der Waals surface area contributed by atoms with Gasteiger partial charge in [-0.2, -0.15) is 0 Å². The normalized spacial score (nSPS) is 16.5. The Morgan fingerprint density at radius 2 is 1.71 bits per heavy atom. The van der Waals surface area contributed by atoms with Crippen molar-refractivity contribution < 1.29 is 14.3 Å². The molecule has 150 valence electrons. The minimum Gasteiger partial charge on any atom is -0.380 e. The van der Waals surface area contributed by atoms with Gasteiger partial charge in [0.25, 0.3) is 0 Å². The SMILES string of the molecule is Cc1ccc(C(C)NC(=O)C(OCc2ccc(C3COC3)cc2)C(C)C)cc1. The quantitative estimate of drug-likeness (QED) is 0.731. The first-order valence-electron chi connectivity index (χ1n) is 10.1. The number of carbonyl (C=O) groups is 1. The topological polar surface area (TPSA) is 47.6 Å². The van der Waals surface area contributed by atoms with Crippen LogP contribution in [0.2, 0.25) is 0 Å². The van der Waals surface area contributed by atoms with Gasteiger partial charge in [0.05, 0.1) is 25.9 Å². The Morgan fingerprint density at radius 1 is 1.07 bits per heavy atom. The number of nitrogens with one attached hydrogen (secondary N) is 1. The highest BCUT2D eigenvalue weighted by molar-refractivity contribution is 5.81. The zero-order valence-electron chi connectivity index (χ0n) is 17.3. The third-order valence-corrected chi connectivity index (χ3v) is 5.32. The van der Waals surface area contributed by atoms with E-state index in [0.717, 1.165) is 24.3 Å². The predicted molar refractivity (Wildman–Crippen MR) is 111 cm³/mol. The van der Waals surface area contributed by atoms with Crippen LogP contribution >= 0.6 is 0 Å². The summed E-state index contributed by atoms with van der Waals surface area (Å²) in [6, 6.07) is 16.6. The molecular weight excluding hydrogens is 350 g/mol. The van der Waals surface area contributed by atoms with E-state index in [9.17, 15) is 4.79 Å². The molecule has 2 unspecified atom stereocenters. The largest absolute Gasteiger partial charge is 0.380 e. The van der Waals surface area contributed by atoms with E-state index in [4.69, 9.17) is 9.47 Å². The Hall–Kier alpha value is -2.17. The fraction of sp³-hybridized carbons (Fsp3) is 0.458. The van der Waals surface area contributed by atoms with E-state index >= 15 is 0 Å². The highest BCUT2D eigenvalue weighted by atomic mass is 16.5. The molecule has 0 radical (unpaired) electrons. The molecular formula is C24H31NO3. The van der Waals surface area contributed by atoms with E-state index in [0.29, 0.717) is 12.5 Å². The average Bonchev–Trinajstić information content (AvgIpc) is 2.62. The molecule has 0 saturated carbocycles. The third-order valence-electron chi connectivity index (χ3n) is 5.32. The van der Waals surface area contributed by atoms with Gasteiger partial charge < -0.3 is 14.8 Å². The van der Waals surface area contributed by atoms with Crippen LogP contribution in [0.3, 0.4) is 0 Å². The summed E-state index contributed by atoms with van der Waals surface area (Å²) < 4.78 is 11.3. The molecule has 1 saturated heterocycles. The van der Waals surface area contributed by atoms with Crippen molar-refractivity contribution in [2.45, 2.75) is 52.4 Å². The van der Waals surface area contributed by atoms with Crippen molar-refractivity contribution >= 4 is 5.91 Å². The summed E-state index contributed by atoms with van der Waals surface area (Å²) in [5, 5.41) is 3.09. The molecule has 2 atom stereocenters. The fourth-order valence-electron chi connectivity index (χ4n) is 3.31. The Balaban J connectivity index is 1.56. The van der Waals surface area contributed by atoms with Crippen molar-refractivity contribution in [3.63, 3.8) is 0 Å². The van der Waals surface area contributed by atoms with Crippen LogP contribution in [0, 0.1) is 12.8 Å². The van der Waals surface area contributed by atoms with Crippen LogP contribution < -0.4 is 5.32 Å². The van der Waals surface area contributed by atoms with Crippen molar-refractivity contribution in [3.8, 4) is 0 Å². The van der Waals surface area contributed by atoms with Gasteiger partial charge in [0, 0.05) is 5.92 Å². The lowest BCUT2D eigenvalue weighted by Crippen LogP contribution is -2.40. The lowest BCUT2D eigenvalue weighted by Gasteiger charge is -2.26. The van der Waals surface area contributed by atoms with Crippen LogP contribution in [-0.4, -0.2) is 25.2 Å². The van der Waals surface area contributed by atoms with Crippen molar-refractivity contribution in [2.75, 3.05) is 13.2 Å². The summed E-state index contributed by atoms with van der Waals surface area (Å²) in [4.78, 5) is 12.8. The molecule has 1 heterocycles. The van der Waals surface area contributed by atoms with Crippen LogP contribution in [0.1, 0.15) is 55.0 Å². The second-order valence-electron chi connectivity index (χ2n) is 8.09. The second-order valence-corrected chi connectivity index (χ2v) is 8.09. The Labute approximate surface area is 168 Å². The van der Waals surface area contributed by atoms with Crippen LogP contribution in [0.5, 0.6) is 0 Å². The van der Waals surface area contributed by atoms with Crippen LogP contribution in [0.4, 0.5) is 0 Å². The summed E-state index contributed by atoms with van der Waals surface area (Å²) in [5.41, 5.74) is 4.69.